The summed E-state index contributed by atoms with van der Waals surface area (Å²) >= 11 is 0. The molecule has 2 N–H and O–H groups in total. The van der Waals surface area contributed by atoms with E-state index in [4.69, 9.17) is 10.5 Å². The molecule has 0 saturated carbocycles. The van der Waals surface area contributed by atoms with Crippen LogP contribution >= 0.6 is 0 Å². The maximum absolute atomic E-state index is 5.71. The average molecular weight is 198 g/mol. The topological polar surface area (TPSA) is 38.5 Å². The van der Waals surface area contributed by atoms with Crippen LogP contribution in [0.1, 0.15) is 19.8 Å². The van der Waals surface area contributed by atoms with Crippen LogP contribution in [0.4, 0.5) is 0 Å². The number of hydrogen-bond acceptors (Lipinski definition) is 3. The number of nitrogens with two attached hydrogens (primary N) is 1. The Morgan fingerprint density at radius 3 is 2.93 bits per heavy atom. The predicted molar refractivity (Wildman–Crippen MR) is 57.1 cm³/mol. The predicted octanol–water partition coefficient (Wildman–Crippen LogP) is 0.692. The van der Waals surface area contributed by atoms with Gasteiger partial charge in [0.25, 0.3) is 0 Å². The zero-order valence-electron chi connectivity index (χ0n) is 9.11. The second kappa shape index (κ2) is 4.60. The summed E-state index contributed by atoms with van der Waals surface area (Å²) in [5.41, 5.74) is 5.71. The van der Waals surface area contributed by atoms with Crippen molar-refractivity contribution in [1.82, 2.24) is 4.90 Å². The van der Waals surface area contributed by atoms with E-state index in [0.29, 0.717) is 5.92 Å². The monoisotopic (exact) mass is 198 g/mol. The van der Waals surface area contributed by atoms with E-state index in [1.54, 1.807) is 0 Å². The Hall–Kier alpha value is -0.120. The van der Waals surface area contributed by atoms with E-state index in [-0.39, 0.29) is 0 Å². The maximum Gasteiger partial charge on any atom is 0.0506 e. The molecule has 0 amide bonds. The molecule has 2 heterocycles. The van der Waals surface area contributed by atoms with Crippen molar-refractivity contribution >= 4 is 0 Å². The molecule has 2 aliphatic heterocycles. The Balaban J connectivity index is 1.88. The first kappa shape index (κ1) is 10.4. The van der Waals surface area contributed by atoms with E-state index < -0.39 is 0 Å². The summed E-state index contributed by atoms with van der Waals surface area (Å²) in [6.45, 7) is 7.50. The standard InChI is InChI=1S/C11H22N2O/c1-9-8-14-5-3-11(9)13-4-2-10(6-12)7-13/h9-11H,2-8,12H2,1H3. The lowest BCUT2D eigenvalue weighted by Crippen LogP contribution is -2.43. The first-order chi connectivity index (χ1) is 6.81. The van der Waals surface area contributed by atoms with E-state index in [1.807, 2.05) is 0 Å². The van der Waals surface area contributed by atoms with Gasteiger partial charge in [0.1, 0.15) is 0 Å². The third-order valence-electron chi connectivity index (χ3n) is 3.72. The second-order valence-corrected chi connectivity index (χ2v) is 4.79. The minimum Gasteiger partial charge on any atom is -0.381 e. The van der Waals surface area contributed by atoms with Crippen molar-refractivity contribution < 1.29 is 4.74 Å². The van der Waals surface area contributed by atoms with Crippen LogP contribution in [0, 0.1) is 11.8 Å². The van der Waals surface area contributed by atoms with Gasteiger partial charge in [-0.25, -0.2) is 0 Å². The highest BCUT2D eigenvalue weighted by atomic mass is 16.5. The van der Waals surface area contributed by atoms with Crippen LogP contribution < -0.4 is 5.73 Å². The normalized spacial score (nSPS) is 40.3. The van der Waals surface area contributed by atoms with Crippen molar-refractivity contribution in [3.63, 3.8) is 0 Å². The molecule has 0 spiro atoms. The molecule has 0 bridgehead atoms. The summed E-state index contributed by atoms with van der Waals surface area (Å²) in [4.78, 5) is 2.63. The van der Waals surface area contributed by atoms with Gasteiger partial charge in [0.05, 0.1) is 6.61 Å². The van der Waals surface area contributed by atoms with Crippen molar-refractivity contribution in [3.8, 4) is 0 Å². The molecule has 0 aliphatic carbocycles. The smallest absolute Gasteiger partial charge is 0.0506 e. The van der Waals surface area contributed by atoms with Gasteiger partial charge in [-0.15, -0.1) is 0 Å². The number of likely N-dealkylation sites (tertiary alicyclic amines) is 1. The van der Waals surface area contributed by atoms with Gasteiger partial charge in [0.15, 0.2) is 0 Å². The Kier molecular flexibility index (Phi) is 3.42. The van der Waals surface area contributed by atoms with Crippen LogP contribution in [-0.4, -0.2) is 43.8 Å². The summed E-state index contributed by atoms with van der Waals surface area (Å²) in [6, 6.07) is 0.750. The zero-order chi connectivity index (χ0) is 9.97. The maximum atomic E-state index is 5.71. The minimum atomic E-state index is 0.695. The highest BCUT2D eigenvalue weighted by molar-refractivity contribution is 4.86. The van der Waals surface area contributed by atoms with Crippen LogP contribution in [0.5, 0.6) is 0 Å². The molecule has 2 rings (SSSR count). The van der Waals surface area contributed by atoms with Gasteiger partial charge in [-0.05, 0) is 37.8 Å². The minimum absolute atomic E-state index is 0.695. The molecule has 3 heteroatoms. The van der Waals surface area contributed by atoms with Gasteiger partial charge in [0.2, 0.25) is 0 Å². The Morgan fingerprint density at radius 2 is 2.29 bits per heavy atom. The molecule has 0 aromatic carbocycles. The summed E-state index contributed by atoms with van der Waals surface area (Å²) < 4.78 is 5.47. The third-order valence-corrected chi connectivity index (χ3v) is 3.72. The van der Waals surface area contributed by atoms with Gasteiger partial charge < -0.3 is 10.5 Å². The summed E-state index contributed by atoms with van der Waals surface area (Å²) in [7, 11) is 0. The van der Waals surface area contributed by atoms with E-state index in [2.05, 4.69) is 11.8 Å². The lowest BCUT2D eigenvalue weighted by Gasteiger charge is -2.36. The molecule has 0 aromatic rings. The van der Waals surface area contributed by atoms with Crippen molar-refractivity contribution in [1.29, 1.82) is 0 Å². The highest BCUT2D eigenvalue weighted by Gasteiger charge is 2.32. The van der Waals surface area contributed by atoms with Gasteiger partial charge in [0, 0.05) is 19.2 Å². The van der Waals surface area contributed by atoms with Gasteiger partial charge in [-0.2, -0.15) is 0 Å². The molecule has 3 atom stereocenters. The largest absolute Gasteiger partial charge is 0.381 e. The van der Waals surface area contributed by atoms with E-state index in [9.17, 15) is 0 Å². The molecule has 2 saturated heterocycles. The first-order valence-electron chi connectivity index (χ1n) is 5.83. The van der Waals surface area contributed by atoms with Gasteiger partial charge in [-0.3, -0.25) is 4.90 Å². The fourth-order valence-corrected chi connectivity index (χ4v) is 2.77. The van der Waals surface area contributed by atoms with Gasteiger partial charge in [-0.1, -0.05) is 6.92 Å². The van der Waals surface area contributed by atoms with E-state index in [0.717, 1.165) is 31.7 Å². The van der Waals surface area contributed by atoms with Crippen molar-refractivity contribution in [3.05, 3.63) is 0 Å². The fraction of sp³-hybridized carbons (Fsp3) is 1.00. The lowest BCUT2D eigenvalue weighted by atomic mass is 9.96. The highest BCUT2D eigenvalue weighted by Crippen LogP contribution is 2.26. The Bertz CT molecular complexity index is 186. The van der Waals surface area contributed by atoms with Crippen molar-refractivity contribution in [2.45, 2.75) is 25.8 Å². The summed E-state index contributed by atoms with van der Waals surface area (Å²) in [5, 5.41) is 0. The number of rotatable bonds is 2. The molecule has 0 radical (unpaired) electrons. The molecule has 82 valence electrons. The first-order valence-corrected chi connectivity index (χ1v) is 5.83. The molecule has 3 nitrogen and oxygen atoms in total. The van der Waals surface area contributed by atoms with Crippen LogP contribution in [0.3, 0.4) is 0 Å². The molecule has 14 heavy (non-hydrogen) atoms. The van der Waals surface area contributed by atoms with Crippen LogP contribution in [0.15, 0.2) is 0 Å². The quantitative estimate of drug-likeness (QED) is 0.709. The van der Waals surface area contributed by atoms with Gasteiger partial charge >= 0.3 is 0 Å². The number of hydrogen-bond donors (Lipinski definition) is 1. The van der Waals surface area contributed by atoms with Crippen molar-refractivity contribution in [2.24, 2.45) is 17.6 Å². The Morgan fingerprint density at radius 1 is 1.43 bits per heavy atom. The molecular weight excluding hydrogens is 176 g/mol. The summed E-state index contributed by atoms with van der Waals surface area (Å²) in [6.07, 6.45) is 2.50. The lowest BCUT2D eigenvalue weighted by molar-refractivity contribution is 0.000521. The molecule has 0 aromatic heterocycles. The van der Waals surface area contributed by atoms with E-state index in [1.165, 1.54) is 25.9 Å². The average Bonchev–Trinajstić information content (AvgIpc) is 2.67. The fourth-order valence-electron chi connectivity index (χ4n) is 2.77. The molecule has 2 aliphatic rings. The molecule has 2 fully saturated rings. The third kappa shape index (κ3) is 2.10. The van der Waals surface area contributed by atoms with Crippen LogP contribution in [0.25, 0.3) is 0 Å². The van der Waals surface area contributed by atoms with Crippen LogP contribution in [-0.2, 0) is 4.74 Å². The van der Waals surface area contributed by atoms with Crippen molar-refractivity contribution in [2.75, 3.05) is 32.8 Å². The second-order valence-electron chi connectivity index (χ2n) is 4.79. The zero-order valence-corrected chi connectivity index (χ0v) is 9.11. The molecular formula is C11H22N2O. The summed E-state index contributed by atoms with van der Waals surface area (Å²) in [5.74, 6) is 1.44. The van der Waals surface area contributed by atoms with E-state index >= 15 is 0 Å². The van der Waals surface area contributed by atoms with Crippen LogP contribution in [0.2, 0.25) is 0 Å². The SMILES string of the molecule is CC1COCCC1N1CCC(CN)C1. The number of ether oxygens (including phenoxy) is 1. The Labute approximate surface area is 86.6 Å². The molecule has 3 unspecified atom stereocenters. The number of nitrogens with zero attached hydrogens (tertiary/aromatic N) is 1.